The van der Waals surface area contributed by atoms with Crippen LogP contribution in [-0.2, 0) is 0 Å². The minimum Gasteiger partial charge on any atom is -0.309 e. The van der Waals surface area contributed by atoms with Crippen LogP contribution < -0.4 is 0 Å². The Bertz CT molecular complexity index is 2960. The van der Waals surface area contributed by atoms with E-state index in [0.29, 0.717) is 5.95 Å². The number of nitrogens with zero attached hydrogens (tertiary/aromatic N) is 4. The second-order valence-electron chi connectivity index (χ2n) is 13.0. The second kappa shape index (κ2) is 10.4. The molecular weight excluding hydrogens is 609 g/mol. The average molecular weight is 637 g/mol. The smallest absolute Gasteiger partial charge is 0.235 e. The summed E-state index contributed by atoms with van der Waals surface area (Å²) in [6, 6.07) is 60.5. The molecular formula is C46H28N4. The monoisotopic (exact) mass is 636 g/mol. The SMILES string of the molecule is c1ccc(-c2nc(-n3c(-c4ccccc4)c4c5c(cccc53)-c3cccc5c3c3c-4cccc3n5-c3ccccc3)nc3ccccc23)cc1. The summed E-state index contributed by atoms with van der Waals surface area (Å²) in [7, 11) is 0. The van der Waals surface area contributed by atoms with E-state index < -0.39 is 0 Å². The van der Waals surface area contributed by atoms with Gasteiger partial charge < -0.3 is 4.57 Å². The Morgan fingerprint density at radius 3 is 1.62 bits per heavy atom. The van der Waals surface area contributed by atoms with Crippen LogP contribution in [0.15, 0.2) is 170 Å². The Kier molecular flexibility index (Phi) is 5.63. The van der Waals surface area contributed by atoms with E-state index in [1.54, 1.807) is 0 Å². The van der Waals surface area contributed by atoms with E-state index >= 15 is 0 Å². The fraction of sp³-hybridized carbons (Fsp3) is 0. The van der Waals surface area contributed by atoms with Crippen molar-refractivity contribution in [3.05, 3.63) is 170 Å². The number of hydrogen-bond acceptors (Lipinski definition) is 2. The first-order valence-electron chi connectivity index (χ1n) is 17.0. The van der Waals surface area contributed by atoms with Crippen LogP contribution in [0.5, 0.6) is 0 Å². The average Bonchev–Trinajstić information content (AvgIpc) is 3.68. The maximum Gasteiger partial charge on any atom is 0.235 e. The van der Waals surface area contributed by atoms with Crippen molar-refractivity contribution in [3.63, 3.8) is 0 Å². The Hall–Kier alpha value is -6.78. The van der Waals surface area contributed by atoms with Crippen molar-refractivity contribution < 1.29 is 0 Å². The van der Waals surface area contributed by atoms with Gasteiger partial charge in [-0.05, 0) is 58.7 Å². The van der Waals surface area contributed by atoms with Crippen molar-refractivity contribution >= 4 is 43.6 Å². The number of rotatable bonds is 4. The van der Waals surface area contributed by atoms with Gasteiger partial charge in [-0.25, -0.2) is 9.97 Å². The summed E-state index contributed by atoms with van der Waals surface area (Å²) in [6.07, 6.45) is 0. The third-order valence-electron chi connectivity index (χ3n) is 10.3. The van der Waals surface area contributed by atoms with E-state index in [9.17, 15) is 0 Å². The van der Waals surface area contributed by atoms with Crippen molar-refractivity contribution in [1.29, 1.82) is 0 Å². The molecule has 3 aromatic heterocycles. The number of benzene rings is 7. The molecule has 0 amide bonds. The predicted molar refractivity (Wildman–Crippen MR) is 206 cm³/mol. The van der Waals surface area contributed by atoms with Gasteiger partial charge in [0.1, 0.15) is 0 Å². The molecule has 4 heteroatoms. The summed E-state index contributed by atoms with van der Waals surface area (Å²) < 4.78 is 4.72. The Balaban J connectivity index is 1.34. The van der Waals surface area contributed by atoms with Crippen LogP contribution in [0.3, 0.4) is 0 Å². The van der Waals surface area contributed by atoms with Crippen molar-refractivity contribution in [1.82, 2.24) is 19.1 Å². The first-order chi connectivity index (χ1) is 24.8. The van der Waals surface area contributed by atoms with Gasteiger partial charge in [0.25, 0.3) is 0 Å². The maximum absolute atomic E-state index is 5.42. The van der Waals surface area contributed by atoms with Crippen molar-refractivity contribution in [2.75, 3.05) is 0 Å². The van der Waals surface area contributed by atoms with Gasteiger partial charge in [0.15, 0.2) is 0 Å². The van der Waals surface area contributed by atoms with Crippen LogP contribution in [0.2, 0.25) is 0 Å². The summed E-state index contributed by atoms with van der Waals surface area (Å²) in [5.41, 5.74) is 14.6. The molecule has 0 N–H and O–H groups in total. The highest BCUT2D eigenvalue weighted by molar-refractivity contribution is 6.29. The van der Waals surface area contributed by atoms with Gasteiger partial charge in [-0.15, -0.1) is 0 Å². The third-order valence-corrected chi connectivity index (χ3v) is 10.3. The predicted octanol–water partition coefficient (Wildman–Crippen LogP) is 11.7. The van der Waals surface area contributed by atoms with Crippen LogP contribution in [0, 0.1) is 0 Å². The van der Waals surface area contributed by atoms with E-state index in [0.717, 1.165) is 44.6 Å². The van der Waals surface area contributed by atoms with Crippen LogP contribution in [0.4, 0.5) is 0 Å². The minimum atomic E-state index is 0.655. The molecule has 0 radical (unpaired) electrons. The molecule has 0 saturated carbocycles. The highest BCUT2D eigenvalue weighted by Crippen LogP contribution is 2.53. The first-order valence-corrected chi connectivity index (χ1v) is 17.0. The molecule has 0 spiro atoms. The molecule has 0 fully saturated rings. The molecule has 7 aromatic carbocycles. The standard InChI is InChI=1S/C46H28N4/c1-4-15-29(16-5-1)44-34-21-10-11-25-36(34)47-46(48-44)50-39-28-13-23-33-32-22-12-26-37-40(32)42-35(43(41(33)39)45(50)30-17-6-2-7-18-30)24-14-27-38(42)49(37)31-19-8-3-9-20-31/h1-28H. The van der Waals surface area contributed by atoms with Crippen LogP contribution in [-0.4, -0.2) is 19.1 Å². The van der Waals surface area contributed by atoms with Crippen LogP contribution >= 0.6 is 0 Å². The zero-order valence-corrected chi connectivity index (χ0v) is 27.0. The molecule has 50 heavy (non-hydrogen) atoms. The van der Waals surface area contributed by atoms with Crippen molar-refractivity contribution in [2.45, 2.75) is 0 Å². The highest BCUT2D eigenvalue weighted by Gasteiger charge is 2.31. The third kappa shape index (κ3) is 3.70. The Morgan fingerprint density at radius 2 is 0.920 bits per heavy atom. The number of fused-ring (bicyclic) bond motifs is 3. The fourth-order valence-electron chi connectivity index (χ4n) is 8.28. The van der Waals surface area contributed by atoms with Gasteiger partial charge in [-0.3, -0.25) is 4.57 Å². The highest BCUT2D eigenvalue weighted by atomic mass is 15.2. The van der Waals surface area contributed by atoms with E-state index in [2.05, 4.69) is 173 Å². The topological polar surface area (TPSA) is 35.6 Å². The number of para-hydroxylation sites is 2. The molecule has 232 valence electrons. The summed E-state index contributed by atoms with van der Waals surface area (Å²) in [5, 5.41) is 4.79. The zero-order chi connectivity index (χ0) is 32.8. The first kappa shape index (κ1) is 27.2. The molecule has 0 bridgehead atoms. The van der Waals surface area contributed by atoms with Crippen LogP contribution in [0.25, 0.3) is 100 Å². The second-order valence-corrected chi connectivity index (χ2v) is 13.0. The summed E-state index contributed by atoms with van der Waals surface area (Å²) in [4.78, 5) is 10.7. The lowest BCUT2D eigenvalue weighted by Gasteiger charge is -2.15. The molecule has 1 aliphatic carbocycles. The molecule has 0 atom stereocenters. The summed E-state index contributed by atoms with van der Waals surface area (Å²) in [6.45, 7) is 0. The minimum absolute atomic E-state index is 0.655. The quantitative estimate of drug-likeness (QED) is 0.193. The van der Waals surface area contributed by atoms with Crippen molar-refractivity contribution in [2.24, 2.45) is 0 Å². The Labute approximate surface area is 288 Å². The molecule has 0 unspecified atom stereocenters. The van der Waals surface area contributed by atoms with Gasteiger partial charge in [0, 0.05) is 38.4 Å². The van der Waals surface area contributed by atoms with E-state index in [4.69, 9.17) is 9.97 Å². The molecule has 0 saturated heterocycles. The molecule has 10 aromatic rings. The Morgan fingerprint density at radius 1 is 0.380 bits per heavy atom. The maximum atomic E-state index is 5.42. The van der Waals surface area contributed by atoms with Crippen molar-refractivity contribution in [3.8, 4) is 56.4 Å². The van der Waals surface area contributed by atoms with Gasteiger partial charge >= 0.3 is 0 Å². The van der Waals surface area contributed by atoms with Gasteiger partial charge in [-0.2, -0.15) is 0 Å². The lowest BCUT2D eigenvalue weighted by atomic mass is 9.95. The number of aromatic nitrogens is 4. The number of hydrogen-bond donors (Lipinski definition) is 0. The molecule has 1 aliphatic rings. The van der Waals surface area contributed by atoms with E-state index in [-0.39, 0.29) is 0 Å². The summed E-state index contributed by atoms with van der Waals surface area (Å²) in [5.74, 6) is 0.655. The zero-order valence-electron chi connectivity index (χ0n) is 27.0. The molecule has 3 heterocycles. The normalized spacial score (nSPS) is 12.0. The summed E-state index contributed by atoms with van der Waals surface area (Å²) >= 11 is 0. The van der Waals surface area contributed by atoms with Gasteiger partial charge in [0.05, 0.1) is 33.5 Å². The lowest BCUT2D eigenvalue weighted by molar-refractivity contribution is 0.991. The van der Waals surface area contributed by atoms with E-state index in [1.165, 1.54) is 49.4 Å². The fourth-order valence-corrected chi connectivity index (χ4v) is 8.28. The molecule has 0 aliphatic heterocycles. The molecule has 11 rings (SSSR count). The van der Waals surface area contributed by atoms with Gasteiger partial charge in [0.2, 0.25) is 5.95 Å². The molecule has 4 nitrogen and oxygen atoms in total. The lowest BCUT2D eigenvalue weighted by Crippen LogP contribution is -2.05. The van der Waals surface area contributed by atoms with Gasteiger partial charge in [-0.1, -0.05) is 133 Å². The van der Waals surface area contributed by atoms with E-state index in [1.807, 2.05) is 6.07 Å². The largest absolute Gasteiger partial charge is 0.309 e. The van der Waals surface area contributed by atoms with Crippen LogP contribution in [0.1, 0.15) is 0 Å².